The van der Waals surface area contributed by atoms with Crippen molar-refractivity contribution in [1.82, 2.24) is 35.8 Å². The zero-order valence-electron chi connectivity index (χ0n) is 39.7. The van der Waals surface area contributed by atoms with E-state index in [1.165, 1.54) is 81.1 Å². The number of nitrogens with zero attached hydrogens (tertiary/aromatic N) is 5. The molecule has 2 aliphatic heterocycles. The Labute approximate surface area is 409 Å². The number of hydroxylamine groups is 2. The number of carbonyl (C=O) groups excluding carboxylic acids is 2. The van der Waals surface area contributed by atoms with Gasteiger partial charge in [-0.15, -0.1) is 0 Å². The fourth-order valence-electron chi connectivity index (χ4n) is 9.90. The Hall–Kier alpha value is -5.16. The maximum absolute atomic E-state index is 13.7. The summed E-state index contributed by atoms with van der Waals surface area (Å²) in [6.07, 6.45) is 18.8. The van der Waals surface area contributed by atoms with E-state index in [9.17, 15) is 31.6 Å². The summed E-state index contributed by atoms with van der Waals surface area (Å²) in [6.45, 7) is 3.46. The van der Waals surface area contributed by atoms with Gasteiger partial charge < -0.3 is 23.8 Å². The van der Waals surface area contributed by atoms with Crippen LogP contribution < -0.4 is 20.4 Å². The van der Waals surface area contributed by atoms with Gasteiger partial charge in [-0.1, -0.05) is 75.6 Å². The quantitative estimate of drug-likeness (QED) is 0.0640. The molecular weight excluding hydrogens is 943 g/mol. The van der Waals surface area contributed by atoms with Gasteiger partial charge in [-0.2, -0.15) is 0 Å². The Bertz CT molecular complexity index is 2530. The van der Waals surface area contributed by atoms with Crippen molar-refractivity contribution in [2.24, 2.45) is 11.8 Å². The molecule has 0 bridgehead atoms. The summed E-state index contributed by atoms with van der Waals surface area (Å²) in [5, 5.41) is 18.5. The highest BCUT2D eigenvalue weighted by Crippen LogP contribution is 2.38. The molecule has 2 amide bonds. The van der Waals surface area contributed by atoms with Crippen molar-refractivity contribution >= 4 is 31.5 Å². The zero-order chi connectivity index (χ0) is 49.6. The van der Waals surface area contributed by atoms with E-state index in [0.717, 1.165) is 24.7 Å². The van der Waals surface area contributed by atoms with Crippen LogP contribution in [0.5, 0.6) is 11.8 Å². The third-order valence-electron chi connectivity index (χ3n) is 14.3. The summed E-state index contributed by atoms with van der Waals surface area (Å²) < 4.78 is 72.2. The van der Waals surface area contributed by atoms with E-state index >= 15 is 0 Å². The van der Waals surface area contributed by atoms with Gasteiger partial charge in [0, 0.05) is 51.1 Å². The molecule has 21 heteroatoms. The molecule has 2 saturated carbocycles. The van der Waals surface area contributed by atoms with Crippen LogP contribution in [0.25, 0.3) is 22.5 Å². The van der Waals surface area contributed by atoms with Crippen LogP contribution in [-0.4, -0.2) is 133 Å². The normalized spacial score (nSPS) is 18.6. The number of amides is 2. The highest BCUT2D eigenvalue weighted by Gasteiger charge is 2.54. The van der Waals surface area contributed by atoms with Gasteiger partial charge in [-0.25, -0.2) is 47.7 Å². The number of piperidine rings is 1. The predicted molar refractivity (Wildman–Crippen MR) is 256 cm³/mol. The standard InChI is InChI=1S/C26H36N4O6S.C23H29N3O6S/c1-35-17-15-30-13-11-26(12-14-30,25(31)29-32)37(33,34)22-8-6-21(7-9-22)23-18-28-24(19-27-23)36-16-10-20-4-2-3-5-20;27-22(26-28)23(10-13-31-14-11-23)33(29,30)19-7-5-18(6-8-19)20-15-25-21(16-24-20)32-12-9-17-3-1-2-4-17/h6-9,18-20,32H,2-5,10-17H2,1H3,(H,29,31);5-8,15-17,28H,1-4,9-14H2,(H,26,27). The fourth-order valence-corrected chi connectivity index (χ4v) is 13.8. The van der Waals surface area contributed by atoms with Crippen LogP contribution in [0.3, 0.4) is 0 Å². The number of methoxy groups -OCH3 is 1. The smallest absolute Gasteiger partial charge is 0.265 e. The second-order valence-corrected chi connectivity index (χ2v) is 22.9. The maximum atomic E-state index is 13.7. The van der Waals surface area contributed by atoms with Gasteiger partial charge in [0.05, 0.1) is 65.8 Å². The topological polar surface area (TPSA) is 259 Å². The third kappa shape index (κ3) is 12.1. The van der Waals surface area contributed by atoms with Crippen molar-refractivity contribution in [3.8, 4) is 34.3 Å². The van der Waals surface area contributed by atoms with Gasteiger partial charge >= 0.3 is 0 Å². The van der Waals surface area contributed by atoms with Crippen molar-refractivity contribution < 1.29 is 55.8 Å². The number of sulfone groups is 2. The van der Waals surface area contributed by atoms with Crippen LogP contribution >= 0.6 is 0 Å². The largest absolute Gasteiger partial charge is 0.477 e. The van der Waals surface area contributed by atoms with Gasteiger partial charge in [-0.3, -0.25) is 20.0 Å². The lowest BCUT2D eigenvalue weighted by atomic mass is 9.95. The van der Waals surface area contributed by atoms with E-state index in [-0.39, 0.29) is 48.7 Å². The monoisotopic (exact) mass is 1010 g/mol. The van der Waals surface area contributed by atoms with Crippen molar-refractivity contribution in [3.05, 3.63) is 73.3 Å². The molecule has 4 aromatic rings. The molecule has 0 unspecified atom stereocenters. The summed E-state index contributed by atoms with van der Waals surface area (Å²) in [5.74, 6) is 0.576. The molecule has 4 aliphatic rings. The van der Waals surface area contributed by atoms with Gasteiger partial charge in [0.15, 0.2) is 29.2 Å². The summed E-state index contributed by atoms with van der Waals surface area (Å²) in [6, 6.07) is 12.4. The number of likely N-dealkylation sites (tertiary alicyclic amines) is 1. The van der Waals surface area contributed by atoms with Gasteiger partial charge in [0.2, 0.25) is 11.8 Å². The molecule has 2 saturated heterocycles. The van der Waals surface area contributed by atoms with Crippen LogP contribution in [-0.2, 0) is 38.7 Å². The van der Waals surface area contributed by atoms with Crippen LogP contribution in [0.1, 0.15) is 89.9 Å². The first kappa shape index (κ1) is 52.7. The van der Waals surface area contributed by atoms with Crippen molar-refractivity contribution in [1.29, 1.82) is 0 Å². The number of benzene rings is 2. The van der Waals surface area contributed by atoms with Crippen molar-refractivity contribution in [2.45, 2.75) is 109 Å². The lowest BCUT2D eigenvalue weighted by Gasteiger charge is -2.39. The Morgan fingerprint density at radius 3 is 1.41 bits per heavy atom. The molecule has 70 heavy (non-hydrogen) atoms. The third-order valence-corrected chi connectivity index (χ3v) is 19.3. The average molecular weight is 1010 g/mol. The molecule has 4 heterocycles. The molecule has 4 fully saturated rings. The fraction of sp³-hybridized carbons (Fsp3) is 0.551. The molecule has 0 atom stereocenters. The van der Waals surface area contributed by atoms with E-state index in [4.69, 9.17) is 24.2 Å². The number of aromatic nitrogens is 4. The highest BCUT2D eigenvalue weighted by atomic mass is 32.2. The molecule has 19 nitrogen and oxygen atoms in total. The Morgan fingerprint density at radius 1 is 0.629 bits per heavy atom. The predicted octanol–water partition coefficient (Wildman–Crippen LogP) is 5.79. The van der Waals surface area contributed by atoms with E-state index in [2.05, 4.69) is 19.9 Å². The minimum Gasteiger partial charge on any atom is -0.477 e. The van der Waals surface area contributed by atoms with E-state index < -0.39 is 41.0 Å². The maximum Gasteiger partial charge on any atom is 0.265 e. The first-order valence-corrected chi connectivity index (χ1v) is 27.1. The number of ether oxygens (including phenoxy) is 4. The summed E-state index contributed by atoms with van der Waals surface area (Å²) in [5.41, 5.74) is 5.66. The zero-order valence-corrected chi connectivity index (χ0v) is 41.3. The molecule has 2 aromatic heterocycles. The Balaban J connectivity index is 0.000000208. The van der Waals surface area contributed by atoms with Crippen molar-refractivity contribution in [2.75, 3.05) is 59.8 Å². The lowest BCUT2D eigenvalue weighted by Crippen LogP contribution is -2.58. The van der Waals surface area contributed by atoms with Crippen molar-refractivity contribution in [3.63, 3.8) is 0 Å². The van der Waals surface area contributed by atoms with Crippen LogP contribution in [0.2, 0.25) is 0 Å². The second-order valence-electron chi connectivity index (χ2n) is 18.4. The average Bonchev–Trinajstić information content (AvgIpc) is 4.14. The van der Waals surface area contributed by atoms with Crippen LogP contribution in [0.15, 0.2) is 83.1 Å². The van der Waals surface area contributed by atoms with Gasteiger partial charge in [0.1, 0.15) is 0 Å². The molecular formula is C49H65N7O12S2. The Morgan fingerprint density at radius 2 is 1.04 bits per heavy atom. The molecule has 2 aromatic carbocycles. The minimum atomic E-state index is -4.09. The number of nitrogens with one attached hydrogen (secondary N) is 2. The first-order chi connectivity index (χ1) is 33.9. The van der Waals surface area contributed by atoms with E-state index in [0.29, 0.717) is 73.7 Å². The number of hydrogen-bond donors (Lipinski definition) is 4. The summed E-state index contributed by atoms with van der Waals surface area (Å²) in [4.78, 5) is 44.6. The number of hydrogen-bond acceptors (Lipinski definition) is 17. The molecule has 2 aliphatic carbocycles. The minimum absolute atomic E-state index is 0.00317. The van der Waals surface area contributed by atoms with E-state index in [1.807, 2.05) is 4.90 Å². The molecule has 8 rings (SSSR count). The highest BCUT2D eigenvalue weighted by molar-refractivity contribution is 7.94. The summed E-state index contributed by atoms with van der Waals surface area (Å²) in [7, 11) is -6.55. The number of carbonyl (C=O) groups is 2. The number of rotatable bonds is 19. The lowest BCUT2D eigenvalue weighted by molar-refractivity contribution is -0.134. The van der Waals surface area contributed by atoms with E-state index in [1.54, 1.807) is 61.6 Å². The van der Waals surface area contributed by atoms with Gasteiger partial charge in [0.25, 0.3) is 11.8 Å². The van der Waals surface area contributed by atoms with Gasteiger partial charge in [-0.05, 0) is 74.6 Å². The Kier molecular flexibility index (Phi) is 18.3. The second kappa shape index (κ2) is 24.3. The molecule has 0 radical (unpaired) electrons. The molecule has 380 valence electrons. The molecule has 4 N–H and O–H groups in total. The molecule has 0 spiro atoms. The van der Waals surface area contributed by atoms with Crippen LogP contribution in [0, 0.1) is 11.8 Å². The SMILES string of the molecule is COCCN1CCC(C(=O)NO)(S(=O)(=O)c2ccc(-c3cnc(OCCC4CCCC4)cn3)cc2)CC1.O=C(NO)C1(S(=O)(=O)c2ccc(-c3cnc(OCCC4CCCC4)cn3)cc2)CCOCC1. The first-order valence-electron chi connectivity index (χ1n) is 24.1. The van der Waals surface area contributed by atoms with Crippen LogP contribution in [0.4, 0.5) is 0 Å². The summed E-state index contributed by atoms with van der Waals surface area (Å²) >= 11 is 0.